The average Bonchev–Trinajstić information content (AvgIpc) is 3.00. The van der Waals surface area contributed by atoms with Crippen molar-refractivity contribution in [1.82, 2.24) is 10.2 Å². The Hall–Kier alpha value is -1.85. The third kappa shape index (κ3) is 3.57. The van der Waals surface area contributed by atoms with E-state index in [9.17, 15) is 4.79 Å². The number of hydrogen-bond donors (Lipinski definition) is 1. The van der Waals surface area contributed by atoms with Crippen molar-refractivity contribution in [2.45, 2.75) is 32.4 Å². The summed E-state index contributed by atoms with van der Waals surface area (Å²) in [7, 11) is 0. The molecule has 2 unspecified atom stereocenters. The predicted octanol–water partition coefficient (Wildman–Crippen LogP) is 2.72. The zero-order chi connectivity index (χ0) is 16.2. The minimum Gasteiger partial charge on any atom is -0.459 e. The summed E-state index contributed by atoms with van der Waals surface area (Å²) in [4.78, 5) is 14.5. The number of ether oxygens (including phenoxy) is 1. The third-order valence-corrected chi connectivity index (χ3v) is 4.40. The van der Waals surface area contributed by atoms with Crippen molar-refractivity contribution in [3.05, 3.63) is 36.1 Å². The molecule has 0 spiro atoms. The molecule has 1 amide bonds. The molecule has 1 aliphatic heterocycles. The fraction of sp³-hybridized carbons (Fsp3) is 0.500. The summed E-state index contributed by atoms with van der Waals surface area (Å²) in [6, 6.07) is 9.97. The van der Waals surface area contributed by atoms with Gasteiger partial charge in [0, 0.05) is 30.9 Å². The summed E-state index contributed by atoms with van der Waals surface area (Å²) in [5.74, 6) is 0.956. The second-order valence-electron chi connectivity index (χ2n) is 5.97. The highest BCUT2D eigenvalue weighted by molar-refractivity contribution is 5.79. The number of morpholine rings is 1. The lowest BCUT2D eigenvalue weighted by Gasteiger charge is -2.30. The lowest BCUT2D eigenvalue weighted by molar-refractivity contribution is -0.134. The van der Waals surface area contributed by atoms with Crippen LogP contribution in [-0.2, 0) is 9.53 Å². The van der Waals surface area contributed by atoms with Gasteiger partial charge in [0.1, 0.15) is 11.3 Å². The minimum atomic E-state index is -0.0793. The molecule has 1 aliphatic rings. The van der Waals surface area contributed by atoms with Gasteiger partial charge in [-0.15, -0.1) is 0 Å². The molecular formula is C18H24N2O3. The Labute approximate surface area is 136 Å². The van der Waals surface area contributed by atoms with Gasteiger partial charge < -0.3 is 19.4 Å². The Morgan fingerprint density at radius 2 is 2.26 bits per heavy atom. The monoisotopic (exact) mass is 316 g/mol. The van der Waals surface area contributed by atoms with E-state index in [1.165, 1.54) is 0 Å². The molecule has 5 nitrogen and oxygen atoms in total. The maximum Gasteiger partial charge on any atom is 0.224 e. The van der Waals surface area contributed by atoms with Crippen LogP contribution >= 0.6 is 0 Å². The Morgan fingerprint density at radius 1 is 1.43 bits per heavy atom. The van der Waals surface area contributed by atoms with Gasteiger partial charge in [0.15, 0.2) is 0 Å². The van der Waals surface area contributed by atoms with Crippen LogP contribution in [0.1, 0.15) is 32.1 Å². The van der Waals surface area contributed by atoms with Gasteiger partial charge >= 0.3 is 0 Å². The lowest BCUT2D eigenvalue weighted by Crippen LogP contribution is -2.45. The highest BCUT2D eigenvalue weighted by atomic mass is 16.5. The second kappa shape index (κ2) is 7.15. The molecule has 2 aromatic rings. The summed E-state index contributed by atoms with van der Waals surface area (Å²) in [5.41, 5.74) is 0.861. The first-order chi connectivity index (χ1) is 11.2. The first-order valence-electron chi connectivity index (χ1n) is 8.28. The molecule has 0 aliphatic carbocycles. The van der Waals surface area contributed by atoms with Crippen LogP contribution in [0.3, 0.4) is 0 Å². The standard InChI is InChI=1S/C18H24N2O3/c1-3-20(18(21)11-15-12-22-9-8-19-15)13(2)17-10-14-6-4-5-7-16(14)23-17/h4-7,10,13,15,19H,3,8-9,11-12H2,1-2H3. The zero-order valence-electron chi connectivity index (χ0n) is 13.7. The highest BCUT2D eigenvalue weighted by Crippen LogP contribution is 2.27. The third-order valence-electron chi connectivity index (χ3n) is 4.40. The van der Waals surface area contributed by atoms with Gasteiger partial charge in [0.2, 0.25) is 5.91 Å². The van der Waals surface area contributed by atoms with Gasteiger partial charge in [-0.25, -0.2) is 0 Å². The SMILES string of the molecule is CCN(C(=O)CC1COCCN1)C(C)c1cc2ccccc2o1. The summed E-state index contributed by atoms with van der Waals surface area (Å²) in [6.07, 6.45) is 0.457. The number of rotatable bonds is 5. The van der Waals surface area contributed by atoms with Gasteiger partial charge in [-0.05, 0) is 26.0 Å². The summed E-state index contributed by atoms with van der Waals surface area (Å²) >= 11 is 0. The Kier molecular flexibility index (Phi) is 4.98. The molecule has 1 saturated heterocycles. The predicted molar refractivity (Wildman–Crippen MR) is 89.2 cm³/mol. The number of amides is 1. The van der Waals surface area contributed by atoms with Crippen molar-refractivity contribution in [2.75, 3.05) is 26.3 Å². The highest BCUT2D eigenvalue weighted by Gasteiger charge is 2.26. The van der Waals surface area contributed by atoms with E-state index in [4.69, 9.17) is 9.15 Å². The quantitative estimate of drug-likeness (QED) is 0.921. The number of benzene rings is 1. The minimum absolute atomic E-state index is 0.0793. The van der Waals surface area contributed by atoms with Crippen LogP contribution in [0.4, 0.5) is 0 Å². The van der Waals surface area contributed by atoms with E-state index in [1.807, 2.05) is 49.1 Å². The van der Waals surface area contributed by atoms with Gasteiger partial charge in [0.25, 0.3) is 0 Å². The molecule has 2 heterocycles. The number of nitrogens with one attached hydrogen (secondary N) is 1. The van der Waals surface area contributed by atoms with Gasteiger partial charge in [-0.1, -0.05) is 18.2 Å². The summed E-state index contributed by atoms with van der Waals surface area (Å²) in [5, 5.41) is 4.40. The van der Waals surface area contributed by atoms with Crippen LogP contribution < -0.4 is 5.32 Å². The zero-order valence-corrected chi connectivity index (χ0v) is 13.7. The Balaban J connectivity index is 1.72. The van der Waals surface area contributed by atoms with Crippen molar-refractivity contribution < 1.29 is 13.9 Å². The fourth-order valence-electron chi connectivity index (χ4n) is 3.11. The van der Waals surface area contributed by atoms with Crippen LogP contribution in [-0.4, -0.2) is 43.2 Å². The van der Waals surface area contributed by atoms with Gasteiger partial charge in [-0.3, -0.25) is 4.79 Å². The molecule has 0 bridgehead atoms. The van der Waals surface area contributed by atoms with Crippen LogP contribution in [0, 0.1) is 0 Å². The maximum absolute atomic E-state index is 12.7. The number of carbonyl (C=O) groups is 1. The van der Waals surface area contributed by atoms with Crippen LogP contribution in [0.15, 0.2) is 34.7 Å². The number of carbonyl (C=O) groups excluding carboxylic acids is 1. The molecule has 2 atom stereocenters. The molecule has 3 rings (SSSR count). The van der Waals surface area contributed by atoms with Gasteiger partial charge in [-0.2, -0.15) is 0 Å². The van der Waals surface area contributed by atoms with Crippen molar-refractivity contribution in [1.29, 1.82) is 0 Å². The van der Waals surface area contributed by atoms with Crippen LogP contribution in [0.2, 0.25) is 0 Å². The van der Waals surface area contributed by atoms with E-state index in [0.717, 1.165) is 29.9 Å². The molecular weight excluding hydrogens is 292 g/mol. The first-order valence-corrected chi connectivity index (χ1v) is 8.28. The molecule has 1 aromatic heterocycles. The molecule has 0 radical (unpaired) electrons. The van der Waals surface area contributed by atoms with E-state index < -0.39 is 0 Å². The molecule has 1 N–H and O–H groups in total. The Morgan fingerprint density at radius 3 is 2.96 bits per heavy atom. The number of hydrogen-bond acceptors (Lipinski definition) is 4. The van der Waals surface area contributed by atoms with Crippen molar-refractivity contribution in [3.8, 4) is 0 Å². The smallest absolute Gasteiger partial charge is 0.224 e. The summed E-state index contributed by atoms with van der Waals surface area (Å²) in [6.45, 7) is 6.81. The largest absolute Gasteiger partial charge is 0.459 e. The number of nitrogens with zero attached hydrogens (tertiary/aromatic N) is 1. The molecule has 1 fully saturated rings. The van der Waals surface area contributed by atoms with E-state index >= 15 is 0 Å². The number of para-hydroxylation sites is 1. The molecule has 1 aromatic carbocycles. The Bertz CT molecular complexity index is 628. The summed E-state index contributed by atoms with van der Waals surface area (Å²) < 4.78 is 11.3. The molecule has 23 heavy (non-hydrogen) atoms. The van der Waals surface area contributed by atoms with Crippen LogP contribution in [0.5, 0.6) is 0 Å². The van der Waals surface area contributed by atoms with E-state index in [1.54, 1.807) is 0 Å². The van der Waals surface area contributed by atoms with E-state index in [2.05, 4.69) is 5.32 Å². The number of furan rings is 1. The molecule has 124 valence electrons. The number of fused-ring (bicyclic) bond motifs is 1. The second-order valence-corrected chi connectivity index (χ2v) is 5.97. The first kappa shape index (κ1) is 16.0. The maximum atomic E-state index is 12.7. The van der Waals surface area contributed by atoms with Gasteiger partial charge in [0.05, 0.1) is 19.3 Å². The average molecular weight is 316 g/mol. The van der Waals surface area contributed by atoms with Crippen molar-refractivity contribution in [3.63, 3.8) is 0 Å². The topological polar surface area (TPSA) is 54.7 Å². The van der Waals surface area contributed by atoms with Crippen molar-refractivity contribution in [2.24, 2.45) is 0 Å². The van der Waals surface area contributed by atoms with Crippen LogP contribution in [0.25, 0.3) is 11.0 Å². The van der Waals surface area contributed by atoms with Crippen molar-refractivity contribution >= 4 is 16.9 Å². The molecule has 5 heteroatoms. The normalized spacial score (nSPS) is 19.7. The van der Waals surface area contributed by atoms with E-state index in [0.29, 0.717) is 19.6 Å². The fourth-order valence-corrected chi connectivity index (χ4v) is 3.11. The molecule has 0 saturated carbocycles. The van der Waals surface area contributed by atoms with E-state index in [-0.39, 0.29) is 18.0 Å². The lowest BCUT2D eigenvalue weighted by atomic mass is 10.1.